The molecule has 0 aliphatic rings. The van der Waals surface area contributed by atoms with Crippen molar-refractivity contribution >= 4 is 17.6 Å². The van der Waals surface area contributed by atoms with Gasteiger partial charge in [0.05, 0.1) is 5.41 Å². The van der Waals surface area contributed by atoms with Crippen molar-refractivity contribution in [1.29, 1.82) is 0 Å². The van der Waals surface area contributed by atoms with Gasteiger partial charge in [0.1, 0.15) is 5.75 Å². The number of hydrogen-bond acceptors (Lipinski definition) is 3. The van der Waals surface area contributed by atoms with Gasteiger partial charge in [0.15, 0.2) is 0 Å². The molecule has 0 saturated heterocycles. The maximum Gasteiger partial charge on any atom is 0.320 e. The first-order chi connectivity index (χ1) is 15.5. The Morgan fingerprint density at radius 1 is 0.906 bits per heavy atom. The molecule has 0 radical (unpaired) electrons. The van der Waals surface area contributed by atoms with Gasteiger partial charge in [-0.05, 0) is 42.5 Å². The molecule has 0 N–H and O–H groups in total. The summed E-state index contributed by atoms with van der Waals surface area (Å²) in [5.41, 5.74) is 0.709. The number of hydrogen-bond donors (Lipinski definition) is 0. The zero-order valence-corrected chi connectivity index (χ0v) is 19.7. The Bertz CT molecular complexity index is 990. The van der Waals surface area contributed by atoms with Crippen molar-refractivity contribution in [2.24, 2.45) is 5.92 Å². The van der Waals surface area contributed by atoms with E-state index >= 15 is 0 Å². The van der Waals surface area contributed by atoms with Crippen LogP contribution < -0.4 is 4.74 Å². The largest absolute Gasteiger partial charge is 0.450 e. The molecule has 0 aliphatic carbocycles. The maximum absolute atomic E-state index is 14.0. The summed E-state index contributed by atoms with van der Waals surface area (Å²) >= 11 is 6.62. The van der Waals surface area contributed by atoms with E-state index in [1.165, 1.54) is 0 Å². The van der Waals surface area contributed by atoms with Crippen LogP contribution in [0.1, 0.15) is 57.5 Å². The topological polar surface area (TPSA) is 35.5 Å². The average molecular weight is 451 g/mol. The summed E-state index contributed by atoms with van der Waals surface area (Å²) in [4.78, 5) is 14.0. The van der Waals surface area contributed by atoms with Crippen LogP contribution >= 0.6 is 11.6 Å². The number of para-hydroxylation sites is 1. The van der Waals surface area contributed by atoms with Crippen LogP contribution in [0.5, 0.6) is 5.75 Å². The highest BCUT2D eigenvalue weighted by Crippen LogP contribution is 2.43. The lowest BCUT2D eigenvalue weighted by Crippen LogP contribution is -2.44. The number of rotatable bonds is 10. The molecule has 0 saturated carbocycles. The van der Waals surface area contributed by atoms with E-state index in [1.807, 2.05) is 91.9 Å². The molecule has 3 aromatic carbocycles. The van der Waals surface area contributed by atoms with Crippen molar-refractivity contribution in [3.8, 4) is 5.75 Å². The fourth-order valence-electron chi connectivity index (χ4n) is 4.36. The molecule has 0 aromatic heterocycles. The Balaban J connectivity index is 2.02. The van der Waals surface area contributed by atoms with E-state index in [1.54, 1.807) is 0 Å². The molecular formula is C28H31ClO3. The predicted molar refractivity (Wildman–Crippen MR) is 130 cm³/mol. The number of benzene rings is 3. The van der Waals surface area contributed by atoms with Crippen molar-refractivity contribution < 1.29 is 14.3 Å². The molecule has 3 aromatic rings. The number of carbonyl (C=O) groups is 1. The SMILES string of the molecule is CCCC(C)C(CC)(C(=O)OC(Oc1ccccc1)c1ccccc1)c1ccccc1Cl. The molecule has 3 atom stereocenters. The van der Waals surface area contributed by atoms with Crippen molar-refractivity contribution in [3.05, 3.63) is 101 Å². The van der Waals surface area contributed by atoms with Gasteiger partial charge in [-0.15, -0.1) is 0 Å². The zero-order chi connectivity index (χ0) is 23.0. The Morgan fingerprint density at radius 2 is 1.50 bits per heavy atom. The molecule has 3 rings (SSSR count). The number of carbonyl (C=O) groups excluding carboxylic acids is 1. The number of ether oxygens (including phenoxy) is 2. The summed E-state index contributed by atoms with van der Waals surface area (Å²) in [6.45, 7) is 6.25. The van der Waals surface area contributed by atoms with Crippen molar-refractivity contribution in [3.63, 3.8) is 0 Å². The smallest absolute Gasteiger partial charge is 0.320 e. The molecule has 0 amide bonds. The first kappa shape index (κ1) is 23.9. The van der Waals surface area contributed by atoms with Gasteiger partial charge in [-0.25, -0.2) is 0 Å². The van der Waals surface area contributed by atoms with Gasteiger partial charge in [0.2, 0.25) is 0 Å². The maximum atomic E-state index is 14.0. The Morgan fingerprint density at radius 3 is 2.09 bits per heavy atom. The fourth-order valence-corrected chi connectivity index (χ4v) is 4.66. The summed E-state index contributed by atoms with van der Waals surface area (Å²) < 4.78 is 12.3. The average Bonchev–Trinajstić information content (AvgIpc) is 2.82. The molecule has 3 nitrogen and oxygen atoms in total. The molecular weight excluding hydrogens is 420 g/mol. The quantitative estimate of drug-likeness (QED) is 0.234. The molecule has 0 aliphatic heterocycles. The predicted octanol–water partition coefficient (Wildman–Crippen LogP) is 7.75. The summed E-state index contributed by atoms with van der Waals surface area (Å²) in [6.07, 6.45) is 1.55. The van der Waals surface area contributed by atoms with E-state index in [4.69, 9.17) is 21.1 Å². The normalized spacial score (nSPS) is 14.8. The molecule has 0 heterocycles. The lowest BCUT2D eigenvalue weighted by Gasteiger charge is -2.38. The van der Waals surface area contributed by atoms with E-state index in [9.17, 15) is 4.79 Å². The molecule has 0 spiro atoms. The van der Waals surface area contributed by atoms with Crippen LogP contribution in [-0.2, 0) is 14.9 Å². The summed E-state index contributed by atoms with van der Waals surface area (Å²) in [6, 6.07) is 26.5. The van der Waals surface area contributed by atoms with Crippen LogP contribution in [0.25, 0.3) is 0 Å². The zero-order valence-electron chi connectivity index (χ0n) is 19.0. The minimum atomic E-state index is -0.874. The third-order valence-electron chi connectivity index (χ3n) is 6.11. The van der Waals surface area contributed by atoms with Gasteiger partial charge in [-0.1, -0.05) is 106 Å². The first-order valence-corrected chi connectivity index (χ1v) is 11.6. The highest BCUT2D eigenvalue weighted by molar-refractivity contribution is 6.31. The Kier molecular flexibility index (Phi) is 8.35. The monoisotopic (exact) mass is 450 g/mol. The number of halogens is 1. The van der Waals surface area contributed by atoms with Crippen molar-refractivity contribution in [2.45, 2.75) is 51.7 Å². The first-order valence-electron chi connectivity index (χ1n) is 11.3. The minimum Gasteiger partial charge on any atom is -0.450 e. The lowest BCUT2D eigenvalue weighted by atomic mass is 9.67. The van der Waals surface area contributed by atoms with Gasteiger partial charge in [0.25, 0.3) is 6.29 Å². The second kappa shape index (κ2) is 11.2. The lowest BCUT2D eigenvalue weighted by molar-refractivity contribution is -0.175. The van der Waals surface area contributed by atoms with Crippen LogP contribution in [-0.4, -0.2) is 5.97 Å². The Labute approximate surface area is 196 Å². The van der Waals surface area contributed by atoms with E-state index in [2.05, 4.69) is 13.8 Å². The minimum absolute atomic E-state index is 0.0399. The third-order valence-corrected chi connectivity index (χ3v) is 6.44. The second-order valence-electron chi connectivity index (χ2n) is 8.07. The summed E-state index contributed by atoms with van der Waals surface area (Å²) in [7, 11) is 0. The Hall–Kier alpha value is -2.78. The molecule has 32 heavy (non-hydrogen) atoms. The molecule has 0 bridgehead atoms. The third kappa shape index (κ3) is 5.16. The summed E-state index contributed by atoms with van der Waals surface area (Å²) in [5, 5.41) is 0.578. The van der Waals surface area contributed by atoms with Crippen LogP contribution in [0.2, 0.25) is 5.02 Å². The van der Waals surface area contributed by atoms with Gasteiger partial charge < -0.3 is 9.47 Å². The molecule has 168 valence electrons. The second-order valence-corrected chi connectivity index (χ2v) is 8.48. The van der Waals surface area contributed by atoms with Gasteiger partial charge in [-0.2, -0.15) is 0 Å². The van der Waals surface area contributed by atoms with Crippen molar-refractivity contribution in [1.82, 2.24) is 0 Å². The highest BCUT2D eigenvalue weighted by Gasteiger charge is 2.47. The van der Waals surface area contributed by atoms with E-state index < -0.39 is 11.7 Å². The van der Waals surface area contributed by atoms with Gasteiger partial charge >= 0.3 is 5.97 Å². The van der Waals surface area contributed by atoms with E-state index in [0.717, 1.165) is 24.0 Å². The summed E-state index contributed by atoms with van der Waals surface area (Å²) in [5.74, 6) is 0.354. The van der Waals surface area contributed by atoms with E-state index in [0.29, 0.717) is 17.2 Å². The standard InChI is InChI=1S/C28H31ClO3/c1-4-14-21(3)28(5-2,24-19-12-13-20-25(24)29)27(30)32-26(22-15-8-6-9-16-22)31-23-17-10-7-11-18-23/h6-13,15-21,26H,4-5,14H2,1-3H3. The van der Waals surface area contributed by atoms with Crippen LogP contribution in [0.3, 0.4) is 0 Å². The van der Waals surface area contributed by atoms with E-state index in [-0.39, 0.29) is 11.9 Å². The number of esters is 1. The van der Waals surface area contributed by atoms with Crippen LogP contribution in [0.15, 0.2) is 84.9 Å². The van der Waals surface area contributed by atoms with Crippen LogP contribution in [0, 0.1) is 5.92 Å². The molecule has 0 fully saturated rings. The molecule has 3 unspecified atom stereocenters. The van der Waals surface area contributed by atoms with Gasteiger partial charge in [-0.3, -0.25) is 4.79 Å². The highest BCUT2D eigenvalue weighted by atomic mass is 35.5. The van der Waals surface area contributed by atoms with Crippen molar-refractivity contribution in [2.75, 3.05) is 0 Å². The van der Waals surface area contributed by atoms with Gasteiger partial charge in [0, 0.05) is 10.6 Å². The molecule has 4 heteroatoms. The fraction of sp³-hybridized carbons (Fsp3) is 0.321. The van der Waals surface area contributed by atoms with Crippen LogP contribution in [0.4, 0.5) is 0 Å².